The Morgan fingerprint density at radius 1 is 1.29 bits per heavy atom. The summed E-state index contributed by atoms with van der Waals surface area (Å²) < 4.78 is 18.8. The average Bonchev–Trinajstić information content (AvgIpc) is 2.54. The molecule has 0 saturated heterocycles. The molecule has 1 aliphatic rings. The largest absolute Gasteiger partial charge is 0.482 e. The quantitative estimate of drug-likeness (QED) is 0.889. The number of anilines is 1. The van der Waals surface area contributed by atoms with Crippen molar-refractivity contribution in [3.63, 3.8) is 0 Å². The number of rotatable bonds is 3. The molecule has 0 radical (unpaired) electrons. The summed E-state index contributed by atoms with van der Waals surface area (Å²) in [6.45, 7) is 0.102. The van der Waals surface area contributed by atoms with Crippen LogP contribution in [-0.4, -0.2) is 24.2 Å². The molecule has 3 rings (SSSR count). The number of halogens is 3. The lowest BCUT2D eigenvalue weighted by atomic mass is 9.98. The van der Waals surface area contributed by atoms with E-state index in [2.05, 4.69) is 0 Å². The lowest BCUT2D eigenvalue weighted by molar-refractivity contribution is -0.120. The highest BCUT2D eigenvalue weighted by atomic mass is 35.5. The highest BCUT2D eigenvalue weighted by molar-refractivity contribution is 6.35. The van der Waals surface area contributed by atoms with Crippen molar-refractivity contribution in [1.82, 2.24) is 0 Å². The predicted octanol–water partition coefficient (Wildman–Crippen LogP) is 3.98. The highest BCUT2D eigenvalue weighted by Gasteiger charge is 2.28. The molecule has 2 aromatic rings. The number of fused-ring (bicyclic) bond motifs is 1. The molecule has 4 nitrogen and oxygen atoms in total. The van der Waals surface area contributed by atoms with Crippen LogP contribution in [0.25, 0.3) is 0 Å². The predicted molar refractivity (Wildman–Crippen MR) is 90.3 cm³/mol. The van der Waals surface area contributed by atoms with E-state index in [1.165, 1.54) is 29.2 Å². The summed E-state index contributed by atoms with van der Waals surface area (Å²) in [5, 5.41) is 10.8. The van der Waals surface area contributed by atoms with Gasteiger partial charge in [-0.25, -0.2) is 4.39 Å². The van der Waals surface area contributed by atoms with Gasteiger partial charge in [0.2, 0.25) is 0 Å². The monoisotopic (exact) mass is 369 g/mol. The van der Waals surface area contributed by atoms with Gasteiger partial charge in [-0.05, 0) is 42.8 Å². The van der Waals surface area contributed by atoms with E-state index < -0.39 is 11.9 Å². The van der Waals surface area contributed by atoms with Crippen molar-refractivity contribution in [3.8, 4) is 5.75 Å². The molecular weight excluding hydrogens is 356 g/mol. The van der Waals surface area contributed by atoms with Crippen LogP contribution in [0.1, 0.15) is 18.1 Å². The van der Waals surface area contributed by atoms with Gasteiger partial charge in [-0.1, -0.05) is 23.2 Å². The first-order chi connectivity index (χ1) is 11.5. The molecule has 2 aromatic carbocycles. The zero-order chi connectivity index (χ0) is 17.3. The number of carbonyl (C=O) groups excluding carboxylic acids is 1. The summed E-state index contributed by atoms with van der Waals surface area (Å²) in [6.07, 6.45) is -0.449. The SMILES string of the molecule is O=C(COc1ccc(Cl)cc1Cl)N1CCC(O)c2cc(F)ccc21. The summed E-state index contributed by atoms with van der Waals surface area (Å²) in [5.74, 6) is -0.405. The van der Waals surface area contributed by atoms with E-state index in [0.717, 1.165) is 0 Å². The Labute approximate surface area is 148 Å². The van der Waals surface area contributed by atoms with Crippen LogP contribution in [0.5, 0.6) is 5.75 Å². The third kappa shape index (κ3) is 3.48. The van der Waals surface area contributed by atoms with Crippen molar-refractivity contribution in [2.45, 2.75) is 12.5 Å². The number of hydrogen-bond acceptors (Lipinski definition) is 3. The van der Waals surface area contributed by atoms with Gasteiger partial charge in [0.05, 0.1) is 11.1 Å². The van der Waals surface area contributed by atoms with E-state index in [9.17, 15) is 14.3 Å². The van der Waals surface area contributed by atoms with Crippen molar-refractivity contribution in [2.24, 2.45) is 0 Å². The van der Waals surface area contributed by atoms with Crippen LogP contribution >= 0.6 is 23.2 Å². The summed E-state index contributed by atoms with van der Waals surface area (Å²) in [6, 6.07) is 8.71. The van der Waals surface area contributed by atoms with Crippen molar-refractivity contribution in [1.29, 1.82) is 0 Å². The third-order valence-corrected chi connectivity index (χ3v) is 4.34. The van der Waals surface area contributed by atoms with Gasteiger partial charge in [0.1, 0.15) is 11.6 Å². The fourth-order valence-corrected chi connectivity index (χ4v) is 3.10. The Kier molecular flexibility index (Phi) is 4.94. The van der Waals surface area contributed by atoms with Crippen LogP contribution in [0.15, 0.2) is 36.4 Å². The molecule has 1 unspecified atom stereocenters. The van der Waals surface area contributed by atoms with Crippen LogP contribution in [-0.2, 0) is 4.79 Å². The normalized spacial score (nSPS) is 16.7. The molecule has 24 heavy (non-hydrogen) atoms. The van der Waals surface area contributed by atoms with Crippen LogP contribution < -0.4 is 9.64 Å². The number of aliphatic hydroxyl groups excluding tert-OH is 1. The number of benzene rings is 2. The first-order valence-electron chi connectivity index (χ1n) is 7.31. The summed E-state index contributed by atoms with van der Waals surface area (Å²) in [5.41, 5.74) is 0.894. The zero-order valence-corrected chi connectivity index (χ0v) is 14.0. The molecule has 0 bridgehead atoms. The second kappa shape index (κ2) is 6.97. The number of hydrogen-bond donors (Lipinski definition) is 1. The Morgan fingerprint density at radius 3 is 2.83 bits per heavy atom. The van der Waals surface area contributed by atoms with Gasteiger partial charge in [-0.3, -0.25) is 4.79 Å². The maximum Gasteiger partial charge on any atom is 0.264 e. The third-order valence-electron chi connectivity index (χ3n) is 3.81. The van der Waals surface area contributed by atoms with Gasteiger partial charge in [-0.15, -0.1) is 0 Å². The van der Waals surface area contributed by atoms with Gasteiger partial charge in [0.15, 0.2) is 6.61 Å². The van der Waals surface area contributed by atoms with Crippen LogP contribution in [0.4, 0.5) is 10.1 Å². The first kappa shape index (κ1) is 17.0. The van der Waals surface area contributed by atoms with Crippen molar-refractivity contribution in [3.05, 3.63) is 57.8 Å². The first-order valence-corrected chi connectivity index (χ1v) is 8.07. The number of ether oxygens (including phenoxy) is 1. The average molecular weight is 370 g/mol. The Hall–Kier alpha value is -1.82. The molecule has 7 heteroatoms. The maximum absolute atomic E-state index is 13.4. The van der Waals surface area contributed by atoms with E-state index in [1.807, 2.05) is 0 Å². The summed E-state index contributed by atoms with van der Waals surface area (Å²) in [4.78, 5) is 13.9. The molecule has 1 amide bonds. The molecule has 1 aliphatic heterocycles. The minimum absolute atomic E-state index is 0.228. The van der Waals surface area contributed by atoms with E-state index in [1.54, 1.807) is 12.1 Å². The van der Waals surface area contributed by atoms with Gasteiger partial charge < -0.3 is 14.7 Å². The molecule has 0 saturated carbocycles. The van der Waals surface area contributed by atoms with Crippen LogP contribution in [0, 0.1) is 5.82 Å². The van der Waals surface area contributed by atoms with E-state index in [4.69, 9.17) is 27.9 Å². The van der Waals surface area contributed by atoms with Crippen molar-refractivity contribution < 1.29 is 19.0 Å². The number of aliphatic hydroxyl groups is 1. The molecule has 0 aromatic heterocycles. The molecule has 1 atom stereocenters. The highest BCUT2D eigenvalue weighted by Crippen LogP contribution is 2.34. The molecular formula is C17H14Cl2FNO3. The van der Waals surface area contributed by atoms with Crippen LogP contribution in [0.2, 0.25) is 10.0 Å². The van der Waals surface area contributed by atoms with E-state index >= 15 is 0 Å². The molecule has 0 fully saturated rings. The minimum Gasteiger partial charge on any atom is -0.482 e. The summed E-state index contributed by atoms with van der Waals surface area (Å²) >= 11 is 11.8. The van der Waals surface area contributed by atoms with Gasteiger partial charge in [0, 0.05) is 22.8 Å². The number of amides is 1. The zero-order valence-electron chi connectivity index (χ0n) is 12.5. The maximum atomic E-state index is 13.4. The molecule has 1 heterocycles. The fraction of sp³-hybridized carbons (Fsp3) is 0.235. The Balaban J connectivity index is 1.75. The van der Waals surface area contributed by atoms with Gasteiger partial charge in [0.25, 0.3) is 5.91 Å². The molecule has 1 N–H and O–H groups in total. The van der Waals surface area contributed by atoms with Gasteiger partial charge >= 0.3 is 0 Å². The molecule has 126 valence electrons. The molecule has 0 aliphatic carbocycles. The molecule has 0 spiro atoms. The lowest BCUT2D eigenvalue weighted by Crippen LogP contribution is -2.39. The van der Waals surface area contributed by atoms with Crippen molar-refractivity contribution in [2.75, 3.05) is 18.1 Å². The van der Waals surface area contributed by atoms with E-state index in [0.29, 0.717) is 40.0 Å². The number of carbonyl (C=O) groups is 1. The second-order valence-corrected chi connectivity index (χ2v) is 6.26. The standard InChI is InChI=1S/C17H14Cl2FNO3/c18-10-1-4-16(13(19)7-10)24-9-17(23)21-6-5-15(22)12-8-11(20)2-3-14(12)21/h1-4,7-8,15,22H,5-6,9H2. The van der Waals surface area contributed by atoms with Crippen molar-refractivity contribution >= 4 is 34.8 Å². The van der Waals surface area contributed by atoms with Gasteiger partial charge in [-0.2, -0.15) is 0 Å². The van der Waals surface area contributed by atoms with Crippen LogP contribution in [0.3, 0.4) is 0 Å². The Bertz CT molecular complexity index is 784. The second-order valence-electron chi connectivity index (χ2n) is 5.42. The minimum atomic E-state index is -0.786. The lowest BCUT2D eigenvalue weighted by Gasteiger charge is -2.32. The smallest absolute Gasteiger partial charge is 0.264 e. The fourth-order valence-electron chi connectivity index (χ4n) is 2.63. The summed E-state index contributed by atoms with van der Waals surface area (Å²) in [7, 11) is 0. The Morgan fingerprint density at radius 2 is 2.08 bits per heavy atom. The van der Waals surface area contributed by atoms with E-state index in [-0.39, 0.29) is 12.5 Å². The number of nitrogens with zero attached hydrogens (tertiary/aromatic N) is 1. The topological polar surface area (TPSA) is 49.8 Å².